The molecule has 0 saturated carbocycles. The van der Waals surface area contributed by atoms with E-state index in [2.05, 4.69) is 65.4 Å². The third kappa shape index (κ3) is 4.94. The van der Waals surface area contributed by atoms with E-state index in [4.69, 9.17) is 4.98 Å². The number of hydrogen-bond donors (Lipinski definition) is 1. The molecule has 1 atom stereocenters. The van der Waals surface area contributed by atoms with Gasteiger partial charge in [0.25, 0.3) is 0 Å². The topological polar surface area (TPSA) is 41.1 Å². The quantitative estimate of drug-likeness (QED) is 0.749. The molecule has 0 aliphatic carbocycles. The zero-order valence-corrected chi connectivity index (χ0v) is 15.5. The Bertz CT molecular complexity index is 656. The van der Waals surface area contributed by atoms with Crippen LogP contribution < -0.4 is 10.2 Å². The zero-order valence-electron chi connectivity index (χ0n) is 15.5. The standard InChI is InChI=1S/C21H30N4/c1-3-19-13-7-8-15-25(19)20-16-17(2)23-21(24-20)22-14-9-12-18-10-5-4-6-11-18/h4-6,10-11,16,19H,3,7-9,12-15H2,1-2H3,(H,22,23,24). The number of nitrogens with one attached hydrogen (secondary N) is 1. The molecule has 1 aliphatic heterocycles. The lowest BCUT2D eigenvalue weighted by Gasteiger charge is -2.36. The molecule has 1 N–H and O–H groups in total. The second kappa shape index (κ2) is 8.84. The van der Waals surface area contributed by atoms with Gasteiger partial charge in [-0.05, 0) is 51.0 Å². The molecule has 4 heteroatoms. The van der Waals surface area contributed by atoms with Crippen molar-refractivity contribution in [3.8, 4) is 0 Å². The van der Waals surface area contributed by atoms with E-state index in [1.54, 1.807) is 0 Å². The van der Waals surface area contributed by atoms with Crippen molar-refractivity contribution in [3.63, 3.8) is 0 Å². The molecular formula is C21H30N4. The van der Waals surface area contributed by atoms with Crippen LogP contribution in [0.3, 0.4) is 0 Å². The summed E-state index contributed by atoms with van der Waals surface area (Å²) in [4.78, 5) is 11.9. The normalized spacial score (nSPS) is 17.5. The van der Waals surface area contributed by atoms with E-state index in [0.29, 0.717) is 6.04 Å². The molecule has 1 unspecified atom stereocenters. The van der Waals surface area contributed by atoms with Crippen LogP contribution in [-0.4, -0.2) is 29.1 Å². The van der Waals surface area contributed by atoms with Gasteiger partial charge in [0.2, 0.25) is 5.95 Å². The van der Waals surface area contributed by atoms with Crippen LogP contribution in [0.1, 0.15) is 50.3 Å². The maximum atomic E-state index is 4.80. The molecule has 2 aromatic rings. The summed E-state index contributed by atoms with van der Waals surface area (Å²) in [5, 5.41) is 3.42. The fourth-order valence-electron chi connectivity index (χ4n) is 3.64. The first kappa shape index (κ1) is 17.7. The first-order chi connectivity index (χ1) is 12.3. The Morgan fingerprint density at radius 3 is 2.80 bits per heavy atom. The van der Waals surface area contributed by atoms with E-state index in [0.717, 1.165) is 43.4 Å². The van der Waals surface area contributed by atoms with Gasteiger partial charge in [0.15, 0.2) is 0 Å². The Kier molecular flexibility index (Phi) is 6.26. The summed E-state index contributed by atoms with van der Waals surface area (Å²) in [6.07, 6.45) is 7.22. The van der Waals surface area contributed by atoms with Crippen LogP contribution in [0.15, 0.2) is 36.4 Å². The highest BCUT2D eigenvalue weighted by Crippen LogP contribution is 2.26. The van der Waals surface area contributed by atoms with Crippen molar-refractivity contribution in [2.24, 2.45) is 0 Å². The highest BCUT2D eigenvalue weighted by molar-refractivity contribution is 5.46. The molecular weight excluding hydrogens is 308 g/mol. The number of aromatic nitrogens is 2. The molecule has 134 valence electrons. The van der Waals surface area contributed by atoms with Crippen LogP contribution >= 0.6 is 0 Å². The molecule has 0 radical (unpaired) electrons. The zero-order chi connectivity index (χ0) is 17.5. The minimum Gasteiger partial charge on any atom is -0.354 e. The van der Waals surface area contributed by atoms with Gasteiger partial charge in [0.1, 0.15) is 5.82 Å². The van der Waals surface area contributed by atoms with E-state index < -0.39 is 0 Å². The third-order valence-corrected chi connectivity index (χ3v) is 5.00. The van der Waals surface area contributed by atoms with E-state index in [9.17, 15) is 0 Å². The summed E-state index contributed by atoms with van der Waals surface area (Å²) in [6.45, 7) is 6.35. The highest BCUT2D eigenvalue weighted by atomic mass is 15.2. The second-order valence-corrected chi connectivity index (χ2v) is 6.96. The summed E-state index contributed by atoms with van der Waals surface area (Å²) >= 11 is 0. The molecule has 0 amide bonds. The summed E-state index contributed by atoms with van der Waals surface area (Å²) < 4.78 is 0. The van der Waals surface area contributed by atoms with Crippen molar-refractivity contribution in [2.75, 3.05) is 23.3 Å². The lowest BCUT2D eigenvalue weighted by molar-refractivity contribution is 0.446. The second-order valence-electron chi connectivity index (χ2n) is 6.96. The average molecular weight is 338 g/mol. The van der Waals surface area contributed by atoms with Crippen molar-refractivity contribution in [2.45, 2.75) is 58.4 Å². The first-order valence-corrected chi connectivity index (χ1v) is 9.66. The molecule has 1 aliphatic rings. The van der Waals surface area contributed by atoms with E-state index in [1.165, 1.54) is 31.2 Å². The van der Waals surface area contributed by atoms with Crippen molar-refractivity contribution in [1.82, 2.24) is 9.97 Å². The van der Waals surface area contributed by atoms with E-state index in [-0.39, 0.29) is 0 Å². The molecule has 4 nitrogen and oxygen atoms in total. The molecule has 1 aromatic carbocycles. The molecule has 1 saturated heterocycles. The van der Waals surface area contributed by atoms with Gasteiger partial charge < -0.3 is 10.2 Å². The summed E-state index contributed by atoms with van der Waals surface area (Å²) in [7, 11) is 0. The molecule has 1 aromatic heterocycles. The monoisotopic (exact) mass is 338 g/mol. The number of nitrogens with zero attached hydrogens (tertiary/aromatic N) is 3. The molecule has 0 bridgehead atoms. The SMILES string of the molecule is CCC1CCCCN1c1cc(C)nc(NCCCc2ccccc2)n1. The minimum absolute atomic E-state index is 0.619. The Balaban J connectivity index is 1.59. The van der Waals surface area contributed by atoms with Crippen LogP contribution in [-0.2, 0) is 6.42 Å². The lowest BCUT2D eigenvalue weighted by atomic mass is 10.00. The molecule has 3 rings (SSSR count). The van der Waals surface area contributed by atoms with Crippen LogP contribution in [0.2, 0.25) is 0 Å². The summed E-state index contributed by atoms with van der Waals surface area (Å²) in [5.74, 6) is 1.85. The number of rotatable bonds is 7. The Morgan fingerprint density at radius 1 is 1.16 bits per heavy atom. The number of hydrogen-bond acceptors (Lipinski definition) is 4. The molecule has 0 spiro atoms. The van der Waals surface area contributed by atoms with Crippen LogP contribution in [0.25, 0.3) is 0 Å². The summed E-state index contributed by atoms with van der Waals surface area (Å²) in [6, 6.07) is 13.4. The molecule has 25 heavy (non-hydrogen) atoms. The fourth-order valence-corrected chi connectivity index (χ4v) is 3.64. The van der Waals surface area contributed by atoms with Gasteiger partial charge in [-0.3, -0.25) is 0 Å². The van der Waals surface area contributed by atoms with Gasteiger partial charge in [0, 0.05) is 30.9 Å². The van der Waals surface area contributed by atoms with Crippen molar-refractivity contribution in [3.05, 3.63) is 47.7 Å². The van der Waals surface area contributed by atoms with Crippen molar-refractivity contribution < 1.29 is 0 Å². The summed E-state index contributed by atoms with van der Waals surface area (Å²) in [5.41, 5.74) is 2.42. The van der Waals surface area contributed by atoms with E-state index >= 15 is 0 Å². The van der Waals surface area contributed by atoms with Crippen molar-refractivity contribution >= 4 is 11.8 Å². The van der Waals surface area contributed by atoms with Gasteiger partial charge in [-0.25, -0.2) is 4.98 Å². The number of aryl methyl sites for hydroxylation is 2. The van der Waals surface area contributed by atoms with Gasteiger partial charge in [-0.1, -0.05) is 37.3 Å². The third-order valence-electron chi connectivity index (χ3n) is 5.00. The largest absolute Gasteiger partial charge is 0.354 e. The average Bonchev–Trinajstić information content (AvgIpc) is 2.65. The van der Waals surface area contributed by atoms with Gasteiger partial charge in [0.05, 0.1) is 0 Å². The Morgan fingerprint density at radius 2 is 2.00 bits per heavy atom. The van der Waals surface area contributed by atoms with Crippen molar-refractivity contribution in [1.29, 1.82) is 0 Å². The maximum Gasteiger partial charge on any atom is 0.224 e. The highest BCUT2D eigenvalue weighted by Gasteiger charge is 2.22. The van der Waals surface area contributed by atoms with Gasteiger partial charge in [-0.2, -0.15) is 4.98 Å². The van der Waals surface area contributed by atoms with Gasteiger partial charge >= 0.3 is 0 Å². The first-order valence-electron chi connectivity index (χ1n) is 9.66. The smallest absolute Gasteiger partial charge is 0.224 e. The van der Waals surface area contributed by atoms with Crippen LogP contribution in [0, 0.1) is 6.92 Å². The number of benzene rings is 1. The van der Waals surface area contributed by atoms with E-state index in [1.807, 2.05) is 0 Å². The van der Waals surface area contributed by atoms with Crippen LogP contribution in [0.5, 0.6) is 0 Å². The number of anilines is 2. The van der Waals surface area contributed by atoms with Gasteiger partial charge in [-0.15, -0.1) is 0 Å². The minimum atomic E-state index is 0.619. The number of piperidine rings is 1. The predicted molar refractivity (Wildman–Crippen MR) is 105 cm³/mol. The maximum absolute atomic E-state index is 4.80. The predicted octanol–water partition coefficient (Wildman–Crippen LogP) is 4.60. The molecule has 1 fully saturated rings. The van der Waals surface area contributed by atoms with Crippen LogP contribution in [0.4, 0.5) is 11.8 Å². The lowest BCUT2D eigenvalue weighted by Crippen LogP contribution is -2.39. The molecule has 2 heterocycles. The fraction of sp³-hybridized carbons (Fsp3) is 0.524. The Hall–Kier alpha value is -2.10. The Labute approximate surface area is 151 Å².